The van der Waals surface area contributed by atoms with Crippen LogP contribution in [0.25, 0.3) is 0 Å². The predicted octanol–water partition coefficient (Wildman–Crippen LogP) is 2.41. The summed E-state index contributed by atoms with van der Waals surface area (Å²) < 4.78 is 43.3. The molecular formula is C12H14F2O3S. The third kappa shape index (κ3) is 3.35. The molecule has 0 aliphatic heterocycles. The van der Waals surface area contributed by atoms with E-state index >= 15 is 0 Å². The molecule has 0 aliphatic rings. The van der Waals surface area contributed by atoms with Crippen LogP contribution in [0.4, 0.5) is 8.78 Å². The zero-order chi connectivity index (χ0) is 13.7. The highest BCUT2D eigenvalue weighted by Crippen LogP contribution is 2.19. The van der Waals surface area contributed by atoms with Crippen molar-refractivity contribution in [1.82, 2.24) is 0 Å². The van der Waals surface area contributed by atoms with Crippen LogP contribution in [0.2, 0.25) is 0 Å². The van der Waals surface area contributed by atoms with Gasteiger partial charge in [-0.15, -0.1) is 0 Å². The van der Waals surface area contributed by atoms with Gasteiger partial charge in [-0.1, -0.05) is 6.92 Å². The average molecular weight is 276 g/mol. The van der Waals surface area contributed by atoms with Gasteiger partial charge >= 0.3 is 5.97 Å². The summed E-state index contributed by atoms with van der Waals surface area (Å²) in [5.41, 5.74) is 0. The van der Waals surface area contributed by atoms with E-state index in [4.69, 9.17) is 4.74 Å². The minimum absolute atomic E-state index is 0.151. The highest BCUT2D eigenvalue weighted by molar-refractivity contribution is 7.86. The molecule has 1 rings (SSSR count). The first-order valence-electron chi connectivity index (χ1n) is 5.53. The fourth-order valence-corrected chi connectivity index (χ4v) is 2.77. The number of carbonyl (C=O) groups is 1. The van der Waals surface area contributed by atoms with E-state index in [-0.39, 0.29) is 17.9 Å². The summed E-state index contributed by atoms with van der Waals surface area (Å²) in [6, 6.07) is 2.66. The number of hydrogen-bond acceptors (Lipinski definition) is 3. The van der Waals surface area contributed by atoms with Crippen molar-refractivity contribution in [3.63, 3.8) is 0 Å². The molecule has 0 saturated heterocycles. The molecule has 18 heavy (non-hydrogen) atoms. The van der Waals surface area contributed by atoms with E-state index in [9.17, 15) is 17.8 Å². The van der Waals surface area contributed by atoms with Crippen LogP contribution in [0.5, 0.6) is 0 Å². The first kappa shape index (κ1) is 14.8. The largest absolute Gasteiger partial charge is 0.465 e. The molecule has 0 spiro atoms. The van der Waals surface area contributed by atoms with Crippen molar-refractivity contribution < 1.29 is 22.5 Å². The standard InChI is InChI=1S/C12H14F2O3S/c1-3-10(12(15)17-4-2)18(16)11-7-8(13)5-6-9(11)14/h5-7,10H,3-4H2,1-2H3. The summed E-state index contributed by atoms with van der Waals surface area (Å²) in [5, 5.41) is -0.985. The molecule has 100 valence electrons. The molecule has 0 amide bonds. The minimum atomic E-state index is -1.96. The highest BCUT2D eigenvalue weighted by Gasteiger charge is 2.28. The van der Waals surface area contributed by atoms with Crippen LogP contribution in [-0.2, 0) is 20.3 Å². The van der Waals surface area contributed by atoms with Crippen LogP contribution in [0.15, 0.2) is 23.1 Å². The summed E-state index contributed by atoms with van der Waals surface area (Å²) in [7, 11) is -1.96. The number of esters is 1. The van der Waals surface area contributed by atoms with Gasteiger partial charge in [-0.2, -0.15) is 0 Å². The molecule has 2 unspecified atom stereocenters. The second-order valence-electron chi connectivity index (χ2n) is 3.52. The molecule has 0 radical (unpaired) electrons. The van der Waals surface area contributed by atoms with E-state index in [2.05, 4.69) is 0 Å². The number of hydrogen-bond donors (Lipinski definition) is 0. The molecule has 0 bridgehead atoms. The van der Waals surface area contributed by atoms with Crippen molar-refractivity contribution in [3.8, 4) is 0 Å². The maximum absolute atomic E-state index is 13.5. The summed E-state index contributed by atoms with van der Waals surface area (Å²) >= 11 is 0. The minimum Gasteiger partial charge on any atom is -0.465 e. The van der Waals surface area contributed by atoms with Gasteiger partial charge < -0.3 is 4.74 Å². The van der Waals surface area contributed by atoms with Gasteiger partial charge in [-0.05, 0) is 31.5 Å². The highest BCUT2D eigenvalue weighted by atomic mass is 32.2. The third-order valence-electron chi connectivity index (χ3n) is 2.29. The zero-order valence-corrected chi connectivity index (χ0v) is 10.9. The number of rotatable bonds is 5. The molecule has 2 atom stereocenters. The zero-order valence-electron chi connectivity index (χ0n) is 10.1. The van der Waals surface area contributed by atoms with Gasteiger partial charge in [-0.25, -0.2) is 8.78 Å². The van der Waals surface area contributed by atoms with Gasteiger partial charge in [0.25, 0.3) is 0 Å². The van der Waals surface area contributed by atoms with Gasteiger partial charge in [0.05, 0.1) is 22.3 Å². The van der Waals surface area contributed by atoms with Crippen molar-refractivity contribution in [2.24, 2.45) is 0 Å². The second-order valence-corrected chi connectivity index (χ2v) is 5.12. The Bertz CT molecular complexity index is 463. The summed E-state index contributed by atoms with van der Waals surface area (Å²) in [6.45, 7) is 3.41. The van der Waals surface area contributed by atoms with Crippen LogP contribution in [-0.4, -0.2) is 22.0 Å². The van der Waals surface area contributed by atoms with E-state index in [1.165, 1.54) is 0 Å². The quantitative estimate of drug-likeness (QED) is 0.776. The van der Waals surface area contributed by atoms with Gasteiger partial charge in [0.2, 0.25) is 0 Å². The van der Waals surface area contributed by atoms with Gasteiger partial charge in [0.15, 0.2) is 0 Å². The number of benzene rings is 1. The number of ether oxygens (including phenoxy) is 1. The molecule has 0 heterocycles. The van der Waals surface area contributed by atoms with Crippen molar-refractivity contribution in [2.75, 3.05) is 6.61 Å². The predicted molar refractivity (Wildman–Crippen MR) is 63.5 cm³/mol. The summed E-state index contributed by atoms with van der Waals surface area (Å²) in [5.74, 6) is -2.15. The lowest BCUT2D eigenvalue weighted by molar-refractivity contribution is -0.142. The first-order chi connectivity index (χ1) is 8.51. The SMILES string of the molecule is CCOC(=O)C(CC)S(=O)c1cc(F)ccc1F. The van der Waals surface area contributed by atoms with Crippen molar-refractivity contribution in [2.45, 2.75) is 30.4 Å². The molecule has 3 nitrogen and oxygen atoms in total. The molecule has 0 saturated carbocycles. The molecule has 0 fully saturated rings. The van der Waals surface area contributed by atoms with E-state index in [1.54, 1.807) is 13.8 Å². The Morgan fingerprint density at radius 2 is 2.06 bits per heavy atom. The monoisotopic (exact) mass is 276 g/mol. The maximum Gasteiger partial charge on any atom is 0.322 e. The van der Waals surface area contributed by atoms with Crippen molar-refractivity contribution in [3.05, 3.63) is 29.8 Å². The Morgan fingerprint density at radius 1 is 1.39 bits per heavy atom. The molecule has 0 aliphatic carbocycles. The molecule has 1 aromatic rings. The van der Waals surface area contributed by atoms with E-state index in [0.717, 1.165) is 18.2 Å². The van der Waals surface area contributed by atoms with E-state index in [1.807, 2.05) is 0 Å². The Morgan fingerprint density at radius 3 is 2.61 bits per heavy atom. The Balaban J connectivity index is 3.03. The summed E-state index contributed by atoms with van der Waals surface area (Å²) in [6.07, 6.45) is 0.224. The Hall–Kier alpha value is -1.30. The maximum atomic E-state index is 13.5. The van der Waals surface area contributed by atoms with Gasteiger partial charge in [0.1, 0.15) is 16.9 Å². The van der Waals surface area contributed by atoms with Crippen molar-refractivity contribution in [1.29, 1.82) is 0 Å². The van der Waals surface area contributed by atoms with Crippen LogP contribution in [0.3, 0.4) is 0 Å². The first-order valence-corrected chi connectivity index (χ1v) is 6.74. The number of halogens is 2. The lowest BCUT2D eigenvalue weighted by Gasteiger charge is -2.13. The van der Waals surface area contributed by atoms with Crippen LogP contribution >= 0.6 is 0 Å². The topological polar surface area (TPSA) is 43.4 Å². The second kappa shape index (κ2) is 6.58. The van der Waals surface area contributed by atoms with Crippen LogP contribution in [0, 0.1) is 11.6 Å². The lowest BCUT2D eigenvalue weighted by Crippen LogP contribution is -2.28. The molecule has 6 heteroatoms. The fourth-order valence-electron chi connectivity index (χ4n) is 1.43. The van der Waals surface area contributed by atoms with Gasteiger partial charge in [0, 0.05) is 0 Å². The molecule has 0 aromatic heterocycles. The van der Waals surface area contributed by atoms with Crippen LogP contribution < -0.4 is 0 Å². The smallest absolute Gasteiger partial charge is 0.322 e. The summed E-state index contributed by atoms with van der Waals surface area (Å²) in [4.78, 5) is 11.2. The number of carbonyl (C=O) groups excluding carboxylic acids is 1. The van der Waals surface area contributed by atoms with Crippen LogP contribution in [0.1, 0.15) is 20.3 Å². The Kier molecular flexibility index (Phi) is 5.40. The fraction of sp³-hybridized carbons (Fsp3) is 0.417. The van der Waals surface area contributed by atoms with E-state index < -0.39 is 33.7 Å². The molecule has 1 aromatic carbocycles. The normalized spacial score (nSPS) is 14.0. The van der Waals surface area contributed by atoms with Crippen molar-refractivity contribution >= 4 is 16.8 Å². The van der Waals surface area contributed by atoms with E-state index in [0.29, 0.717) is 0 Å². The molecular weight excluding hydrogens is 262 g/mol. The lowest BCUT2D eigenvalue weighted by atomic mass is 10.3. The molecule has 0 N–H and O–H groups in total. The average Bonchev–Trinajstić information content (AvgIpc) is 2.33. The Labute approximate surface area is 107 Å². The third-order valence-corrected chi connectivity index (χ3v) is 4.08. The van der Waals surface area contributed by atoms with Gasteiger partial charge in [-0.3, -0.25) is 9.00 Å².